The van der Waals surface area contributed by atoms with Crippen LogP contribution >= 0.6 is 0 Å². The summed E-state index contributed by atoms with van der Waals surface area (Å²) in [5.74, 6) is -2.64. The van der Waals surface area contributed by atoms with Crippen LogP contribution in [0.15, 0.2) is 78.5 Å². The Hall–Kier alpha value is -5.10. The van der Waals surface area contributed by atoms with Gasteiger partial charge in [0.05, 0.1) is 13.0 Å². The van der Waals surface area contributed by atoms with E-state index >= 15 is 0 Å². The number of hydrogen-bond donors (Lipinski definition) is 4. The molecule has 12 nitrogen and oxygen atoms in total. The molecule has 42 heavy (non-hydrogen) atoms. The Kier molecular flexibility index (Phi) is 8.53. The molecule has 3 aromatic rings. The number of nitrogens with zero attached hydrogens (tertiary/aromatic N) is 2. The number of fused-ring (bicyclic) bond motifs is 1. The van der Waals surface area contributed by atoms with Crippen molar-refractivity contribution in [2.75, 3.05) is 19.6 Å². The molecule has 0 spiro atoms. The first-order chi connectivity index (χ1) is 20.3. The van der Waals surface area contributed by atoms with Gasteiger partial charge in [-0.3, -0.25) is 29.0 Å². The lowest BCUT2D eigenvalue weighted by Crippen LogP contribution is -2.52. The van der Waals surface area contributed by atoms with Gasteiger partial charge in [0.25, 0.3) is 11.8 Å². The molecule has 2 aromatic carbocycles. The lowest BCUT2D eigenvalue weighted by Gasteiger charge is -2.26. The van der Waals surface area contributed by atoms with Gasteiger partial charge in [-0.15, -0.1) is 0 Å². The van der Waals surface area contributed by atoms with Crippen LogP contribution in [0.2, 0.25) is 0 Å². The third kappa shape index (κ3) is 6.61. The maximum absolute atomic E-state index is 13.6. The smallest absolute Gasteiger partial charge is 0.310 e. The molecule has 4 N–H and O–H groups in total. The molecule has 0 radical (unpaired) electrons. The summed E-state index contributed by atoms with van der Waals surface area (Å²) in [6, 6.07) is 15.7. The lowest BCUT2D eigenvalue weighted by molar-refractivity contribution is -0.155. The van der Waals surface area contributed by atoms with E-state index in [1.807, 2.05) is 12.1 Å². The number of benzene rings is 2. The number of ether oxygens (including phenoxy) is 1. The number of rotatable bonds is 8. The first-order valence-corrected chi connectivity index (χ1v) is 13.4. The minimum atomic E-state index is -1.48. The molecule has 0 aliphatic carbocycles. The van der Waals surface area contributed by atoms with Gasteiger partial charge >= 0.3 is 5.97 Å². The summed E-state index contributed by atoms with van der Waals surface area (Å²) >= 11 is 0. The number of amides is 4. The van der Waals surface area contributed by atoms with Crippen molar-refractivity contribution >= 4 is 40.4 Å². The summed E-state index contributed by atoms with van der Waals surface area (Å²) in [5, 5.41) is 19.4. The largest absolute Gasteiger partial charge is 0.434 e. The number of aromatic nitrogens is 1. The summed E-state index contributed by atoms with van der Waals surface area (Å²) < 4.78 is 4.67. The van der Waals surface area contributed by atoms with Gasteiger partial charge in [0, 0.05) is 30.2 Å². The Balaban J connectivity index is 1.33. The number of pyridine rings is 1. The number of aliphatic hydroxyl groups excluding tert-OH is 1. The van der Waals surface area contributed by atoms with Crippen LogP contribution in [0.25, 0.3) is 10.8 Å². The quantitative estimate of drug-likeness (QED) is 0.226. The maximum atomic E-state index is 13.6. The standard InChI is InChI=1S/C30H29N5O7/c36-24(33-23-14-25(37)42-30(23)41)17-35-16-18(15-32-27(38)20-7-2-1-3-8-20)10-11-22(29(35)40)34-28(39)26-21-9-5-4-6-19(21)12-13-31-26/h1-10,12-13,22-23,30,41H,11,14-17H2,(H,32,38)(H,33,36)(H,34,39). The van der Waals surface area contributed by atoms with Crippen LogP contribution in [-0.2, 0) is 19.1 Å². The van der Waals surface area contributed by atoms with Crippen LogP contribution in [0.5, 0.6) is 0 Å². The van der Waals surface area contributed by atoms with Crippen LogP contribution in [0.3, 0.4) is 0 Å². The van der Waals surface area contributed by atoms with Crippen molar-refractivity contribution in [3.05, 3.63) is 89.8 Å². The predicted octanol–water partition coefficient (Wildman–Crippen LogP) is 0.672. The van der Waals surface area contributed by atoms with Crippen LogP contribution in [0.1, 0.15) is 33.7 Å². The van der Waals surface area contributed by atoms with E-state index in [0.717, 1.165) is 5.39 Å². The third-order valence-corrected chi connectivity index (χ3v) is 7.02. The Morgan fingerprint density at radius 2 is 1.74 bits per heavy atom. The van der Waals surface area contributed by atoms with Gasteiger partial charge in [0.15, 0.2) is 0 Å². The van der Waals surface area contributed by atoms with Gasteiger partial charge in [-0.1, -0.05) is 48.5 Å². The molecule has 12 heteroatoms. The van der Waals surface area contributed by atoms with Crippen molar-refractivity contribution < 1.29 is 33.8 Å². The second-order valence-corrected chi connectivity index (χ2v) is 10.0. The molecule has 3 unspecified atom stereocenters. The van der Waals surface area contributed by atoms with Gasteiger partial charge in [-0.2, -0.15) is 0 Å². The Morgan fingerprint density at radius 3 is 2.50 bits per heavy atom. The van der Waals surface area contributed by atoms with E-state index in [1.54, 1.807) is 54.6 Å². The monoisotopic (exact) mass is 571 g/mol. The van der Waals surface area contributed by atoms with Crippen molar-refractivity contribution in [1.82, 2.24) is 25.8 Å². The zero-order chi connectivity index (χ0) is 29.6. The van der Waals surface area contributed by atoms with Gasteiger partial charge in [-0.05, 0) is 35.6 Å². The fourth-order valence-corrected chi connectivity index (χ4v) is 4.88. The van der Waals surface area contributed by atoms with Crippen molar-refractivity contribution in [1.29, 1.82) is 0 Å². The van der Waals surface area contributed by atoms with E-state index in [2.05, 4.69) is 25.7 Å². The average Bonchev–Trinajstić information content (AvgIpc) is 3.24. The summed E-state index contributed by atoms with van der Waals surface area (Å²) in [6.07, 6.45) is 1.71. The minimum Gasteiger partial charge on any atom is -0.434 e. The first-order valence-electron chi connectivity index (χ1n) is 13.4. The van der Waals surface area contributed by atoms with Crippen molar-refractivity contribution in [3.8, 4) is 0 Å². The highest BCUT2D eigenvalue weighted by Crippen LogP contribution is 2.18. The average molecular weight is 572 g/mol. The molecule has 4 amide bonds. The molecule has 1 saturated heterocycles. The number of carbonyl (C=O) groups is 5. The normalized spacial score (nSPS) is 20.4. The molecule has 2 aliphatic rings. The van der Waals surface area contributed by atoms with E-state index in [0.29, 0.717) is 16.5 Å². The fourth-order valence-electron chi connectivity index (χ4n) is 4.88. The zero-order valence-corrected chi connectivity index (χ0v) is 22.5. The maximum Gasteiger partial charge on any atom is 0.310 e. The van der Waals surface area contributed by atoms with Gasteiger partial charge in [0.1, 0.15) is 17.8 Å². The van der Waals surface area contributed by atoms with Crippen molar-refractivity contribution in [2.24, 2.45) is 0 Å². The van der Waals surface area contributed by atoms with Crippen LogP contribution < -0.4 is 16.0 Å². The van der Waals surface area contributed by atoms with E-state index in [1.165, 1.54) is 11.1 Å². The zero-order valence-electron chi connectivity index (χ0n) is 22.5. The van der Waals surface area contributed by atoms with E-state index in [4.69, 9.17) is 0 Å². The summed E-state index contributed by atoms with van der Waals surface area (Å²) in [4.78, 5) is 69.3. The van der Waals surface area contributed by atoms with Gasteiger partial charge < -0.3 is 30.7 Å². The number of cyclic esters (lactones) is 1. The lowest BCUT2D eigenvalue weighted by atomic mass is 10.1. The van der Waals surface area contributed by atoms with Crippen molar-refractivity contribution in [3.63, 3.8) is 0 Å². The number of aliphatic hydroxyl groups is 1. The van der Waals surface area contributed by atoms with Crippen LogP contribution in [0.4, 0.5) is 0 Å². The SMILES string of the molecule is O=C(CN1CC(CNC(=O)c2ccccc2)=CCC(NC(=O)c2nccc3ccccc23)C1=O)NC1CC(=O)OC1O. The predicted molar refractivity (Wildman–Crippen MR) is 150 cm³/mol. The molecule has 1 aromatic heterocycles. The molecule has 216 valence electrons. The molecule has 2 aliphatic heterocycles. The number of carbonyl (C=O) groups excluding carboxylic acids is 5. The topological polar surface area (TPSA) is 167 Å². The minimum absolute atomic E-state index is 0.00284. The van der Waals surface area contributed by atoms with Crippen molar-refractivity contribution in [2.45, 2.75) is 31.2 Å². The highest BCUT2D eigenvalue weighted by molar-refractivity contribution is 6.06. The molecule has 3 atom stereocenters. The van der Waals surface area contributed by atoms with Crippen LogP contribution in [-0.4, -0.2) is 82.6 Å². The molecule has 3 heterocycles. The van der Waals surface area contributed by atoms with Gasteiger partial charge in [0.2, 0.25) is 18.1 Å². The molecule has 5 rings (SSSR count). The fraction of sp³-hybridized carbons (Fsp3) is 0.267. The van der Waals surface area contributed by atoms with Gasteiger partial charge in [-0.25, -0.2) is 0 Å². The van der Waals surface area contributed by atoms with Crippen LogP contribution in [0, 0.1) is 0 Å². The summed E-state index contributed by atoms with van der Waals surface area (Å²) in [6.45, 7) is -0.309. The third-order valence-electron chi connectivity index (χ3n) is 7.02. The molecule has 1 fully saturated rings. The van der Waals surface area contributed by atoms with E-state index < -0.39 is 48.6 Å². The molecule has 0 saturated carbocycles. The summed E-state index contributed by atoms with van der Waals surface area (Å²) in [7, 11) is 0. The number of nitrogens with one attached hydrogen (secondary N) is 3. The second-order valence-electron chi connectivity index (χ2n) is 10.0. The Bertz CT molecular complexity index is 1550. The molecular formula is C30H29N5O7. The first kappa shape index (κ1) is 28.4. The molecule has 0 bridgehead atoms. The summed E-state index contributed by atoms with van der Waals surface area (Å²) in [5.41, 5.74) is 1.28. The second kappa shape index (κ2) is 12.6. The van der Waals surface area contributed by atoms with E-state index in [-0.39, 0.29) is 37.5 Å². The Labute approximate surface area is 240 Å². The Morgan fingerprint density at radius 1 is 0.976 bits per heavy atom. The molecular weight excluding hydrogens is 542 g/mol. The number of esters is 1. The van der Waals surface area contributed by atoms with E-state index in [9.17, 15) is 29.1 Å². The highest BCUT2D eigenvalue weighted by atomic mass is 16.6. The number of hydrogen-bond acceptors (Lipinski definition) is 8. The highest BCUT2D eigenvalue weighted by Gasteiger charge is 2.36.